The summed E-state index contributed by atoms with van der Waals surface area (Å²) in [5.74, 6) is -1.41. The first-order chi connectivity index (χ1) is 16.0. The Labute approximate surface area is 192 Å². The van der Waals surface area contributed by atoms with Crippen molar-refractivity contribution >= 4 is 11.9 Å². The van der Waals surface area contributed by atoms with Crippen molar-refractivity contribution in [2.45, 2.75) is 18.4 Å². The van der Waals surface area contributed by atoms with Crippen molar-refractivity contribution in [2.24, 2.45) is 0 Å². The van der Waals surface area contributed by atoms with E-state index in [0.29, 0.717) is 5.56 Å². The summed E-state index contributed by atoms with van der Waals surface area (Å²) in [5.41, 5.74) is 4.80. The molecule has 0 unspecified atom stereocenters. The molecule has 2 N–H and O–H groups in total. The molecule has 162 valence electrons. The molecule has 0 saturated carbocycles. The van der Waals surface area contributed by atoms with Gasteiger partial charge in [0.05, 0.1) is 0 Å². The Bertz CT molecular complexity index is 1250. The zero-order chi connectivity index (χ0) is 22.8. The second-order valence-corrected chi connectivity index (χ2v) is 8.49. The molecule has 0 bridgehead atoms. The van der Waals surface area contributed by atoms with Crippen LogP contribution in [-0.4, -0.2) is 22.5 Å². The Balaban J connectivity index is 1.54. The Kier molecular flexibility index (Phi) is 5.27. The lowest BCUT2D eigenvalue weighted by molar-refractivity contribution is -0.144. The van der Waals surface area contributed by atoms with Gasteiger partial charge in [0.1, 0.15) is 5.54 Å². The summed E-state index contributed by atoms with van der Waals surface area (Å²) < 4.78 is 0. The van der Waals surface area contributed by atoms with Crippen molar-refractivity contribution in [3.05, 3.63) is 120 Å². The van der Waals surface area contributed by atoms with Gasteiger partial charge in [0.25, 0.3) is 5.91 Å². The Morgan fingerprint density at radius 2 is 1.09 bits per heavy atom. The van der Waals surface area contributed by atoms with Gasteiger partial charge in [-0.3, -0.25) is 4.79 Å². The number of carbonyl (C=O) groups excluding carboxylic acids is 1. The van der Waals surface area contributed by atoms with Crippen LogP contribution in [0.5, 0.6) is 0 Å². The molecule has 0 atom stereocenters. The fourth-order valence-corrected chi connectivity index (χ4v) is 4.55. The average Bonchev–Trinajstić information content (AvgIpc) is 3.24. The van der Waals surface area contributed by atoms with Crippen LogP contribution in [-0.2, 0) is 17.6 Å². The first kappa shape index (κ1) is 20.7. The zero-order valence-corrected chi connectivity index (χ0v) is 18.0. The topological polar surface area (TPSA) is 66.4 Å². The van der Waals surface area contributed by atoms with Crippen molar-refractivity contribution in [1.29, 1.82) is 0 Å². The van der Waals surface area contributed by atoms with Crippen LogP contribution in [0.1, 0.15) is 21.5 Å². The minimum Gasteiger partial charge on any atom is -0.479 e. The van der Waals surface area contributed by atoms with Gasteiger partial charge in [-0.2, -0.15) is 0 Å². The molecule has 0 saturated heterocycles. The third-order valence-corrected chi connectivity index (χ3v) is 6.27. The van der Waals surface area contributed by atoms with Gasteiger partial charge in [-0.1, -0.05) is 84.9 Å². The second kappa shape index (κ2) is 8.40. The highest BCUT2D eigenvalue weighted by Crippen LogP contribution is 2.32. The molecule has 33 heavy (non-hydrogen) atoms. The van der Waals surface area contributed by atoms with Gasteiger partial charge < -0.3 is 10.4 Å². The lowest BCUT2D eigenvalue weighted by atomic mass is 9.93. The van der Waals surface area contributed by atoms with E-state index < -0.39 is 11.5 Å². The van der Waals surface area contributed by atoms with Crippen molar-refractivity contribution in [2.75, 3.05) is 0 Å². The van der Waals surface area contributed by atoms with E-state index >= 15 is 0 Å². The Morgan fingerprint density at radius 1 is 0.636 bits per heavy atom. The minimum absolute atomic E-state index is 0.272. The summed E-state index contributed by atoms with van der Waals surface area (Å²) in [6.07, 6.45) is 0.544. The number of hydrogen-bond donors (Lipinski definition) is 2. The predicted molar refractivity (Wildman–Crippen MR) is 129 cm³/mol. The number of amides is 1. The van der Waals surface area contributed by atoms with Crippen LogP contribution in [0.4, 0.5) is 0 Å². The smallest absolute Gasteiger partial charge is 0.330 e. The van der Waals surface area contributed by atoms with E-state index in [9.17, 15) is 14.7 Å². The molecule has 4 nitrogen and oxygen atoms in total. The number of carbonyl (C=O) groups is 2. The molecule has 4 aromatic carbocycles. The van der Waals surface area contributed by atoms with E-state index in [-0.39, 0.29) is 18.7 Å². The number of hydrogen-bond acceptors (Lipinski definition) is 2. The van der Waals surface area contributed by atoms with Crippen LogP contribution in [0.15, 0.2) is 103 Å². The molecule has 1 aliphatic rings. The number of rotatable bonds is 5. The van der Waals surface area contributed by atoms with Crippen LogP contribution in [0, 0.1) is 0 Å². The van der Waals surface area contributed by atoms with Crippen LogP contribution in [0.25, 0.3) is 22.3 Å². The maximum atomic E-state index is 13.5. The maximum Gasteiger partial charge on any atom is 0.330 e. The van der Waals surface area contributed by atoms with Gasteiger partial charge in [-0.05, 0) is 51.6 Å². The van der Waals surface area contributed by atoms with Crippen molar-refractivity contribution < 1.29 is 14.7 Å². The molecule has 0 aromatic heterocycles. The normalized spacial score (nSPS) is 13.8. The highest BCUT2D eigenvalue weighted by molar-refractivity contribution is 6.00. The van der Waals surface area contributed by atoms with Crippen molar-refractivity contribution in [3.63, 3.8) is 0 Å². The van der Waals surface area contributed by atoms with E-state index in [4.69, 9.17) is 0 Å². The van der Waals surface area contributed by atoms with Crippen molar-refractivity contribution in [3.8, 4) is 22.3 Å². The number of carboxylic acid groups (broad SMARTS) is 1. The summed E-state index contributed by atoms with van der Waals surface area (Å²) in [4.78, 5) is 25.8. The molecular formula is C29H23NO3. The molecular weight excluding hydrogens is 410 g/mol. The molecule has 4 heteroatoms. The molecule has 1 amide bonds. The Hall–Kier alpha value is -4.18. The molecule has 5 rings (SSSR count). The first-order valence-corrected chi connectivity index (χ1v) is 10.9. The maximum absolute atomic E-state index is 13.5. The largest absolute Gasteiger partial charge is 0.479 e. The minimum atomic E-state index is -1.35. The number of carboxylic acids is 1. The average molecular weight is 434 g/mol. The summed E-state index contributed by atoms with van der Waals surface area (Å²) in [6, 6.07) is 33.1. The van der Waals surface area contributed by atoms with E-state index in [1.165, 1.54) is 0 Å². The number of fused-ring (bicyclic) bond motifs is 1. The Morgan fingerprint density at radius 3 is 1.55 bits per heavy atom. The van der Waals surface area contributed by atoms with Gasteiger partial charge in [-0.25, -0.2) is 4.79 Å². The summed E-state index contributed by atoms with van der Waals surface area (Å²) in [7, 11) is 0. The fourth-order valence-electron chi connectivity index (χ4n) is 4.55. The molecule has 1 aliphatic carbocycles. The van der Waals surface area contributed by atoms with Gasteiger partial charge >= 0.3 is 5.97 Å². The number of aliphatic carboxylic acids is 1. The monoisotopic (exact) mass is 433 g/mol. The third-order valence-electron chi connectivity index (χ3n) is 6.27. The van der Waals surface area contributed by atoms with Crippen LogP contribution >= 0.6 is 0 Å². The quantitative estimate of drug-likeness (QED) is 0.445. The van der Waals surface area contributed by atoms with Crippen LogP contribution in [0.3, 0.4) is 0 Å². The number of nitrogens with one attached hydrogen (secondary N) is 1. The molecule has 0 fully saturated rings. The van der Waals surface area contributed by atoms with Gasteiger partial charge in [0, 0.05) is 18.4 Å². The van der Waals surface area contributed by atoms with Gasteiger partial charge in [-0.15, -0.1) is 0 Å². The molecule has 0 heterocycles. The lowest BCUT2D eigenvalue weighted by Crippen LogP contribution is -2.55. The van der Waals surface area contributed by atoms with Crippen LogP contribution in [0.2, 0.25) is 0 Å². The highest BCUT2D eigenvalue weighted by atomic mass is 16.4. The van der Waals surface area contributed by atoms with E-state index in [0.717, 1.165) is 33.4 Å². The SMILES string of the molecule is O=C(NC1(C(=O)O)Cc2ccccc2C1)c1cc(-c2ccccc2)cc(-c2ccccc2)c1. The highest BCUT2D eigenvalue weighted by Gasteiger charge is 2.45. The zero-order valence-electron chi connectivity index (χ0n) is 18.0. The van der Waals surface area contributed by atoms with E-state index in [1.807, 2.05) is 97.1 Å². The molecule has 0 spiro atoms. The molecule has 4 aromatic rings. The fraction of sp³-hybridized carbons (Fsp3) is 0.103. The third kappa shape index (κ3) is 4.03. The number of benzene rings is 4. The predicted octanol–water partition coefficient (Wildman–Crippen LogP) is 5.37. The summed E-state index contributed by atoms with van der Waals surface area (Å²) in [5, 5.41) is 13.0. The van der Waals surface area contributed by atoms with E-state index in [1.54, 1.807) is 0 Å². The first-order valence-electron chi connectivity index (χ1n) is 10.9. The second-order valence-electron chi connectivity index (χ2n) is 8.49. The summed E-state index contributed by atoms with van der Waals surface area (Å²) >= 11 is 0. The summed E-state index contributed by atoms with van der Waals surface area (Å²) in [6.45, 7) is 0. The van der Waals surface area contributed by atoms with Gasteiger partial charge in [0.15, 0.2) is 0 Å². The van der Waals surface area contributed by atoms with Crippen LogP contribution < -0.4 is 5.32 Å². The molecule has 0 radical (unpaired) electrons. The van der Waals surface area contributed by atoms with E-state index in [2.05, 4.69) is 11.4 Å². The van der Waals surface area contributed by atoms with Gasteiger partial charge in [0.2, 0.25) is 0 Å². The standard InChI is InChI=1S/C29H23NO3/c31-27(30-29(28(32)33)18-22-13-7-8-14-23(22)19-29)26-16-24(20-9-3-1-4-10-20)15-25(17-26)21-11-5-2-6-12-21/h1-17H,18-19H2,(H,30,31)(H,32,33). The van der Waals surface area contributed by atoms with Crippen molar-refractivity contribution in [1.82, 2.24) is 5.32 Å². The lowest BCUT2D eigenvalue weighted by Gasteiger charge is -2.26. The molecule has 0 aliphatic heterocycles.